The molecule has 0 aliphatic rings. The number of hydrogen-bond donors (Lipinski definition) is 1. The van der Waals surface area contributed by atoms with E-state index in [0.717, 1.165) is 19.4 Å². The number of benzene rings is 1. The van der Waals surface area contributed by atoms with Gasteiger partial charge < -0.3 is 5.73 Å². The Morgan fingerprint density at radius 2 is 2.06 bits per heavy atom. The first-order valence-electron chi connectivity index (χ1n) is 5.64. The normalized spacial score (nSPS) is 12.4. The van der Waals surface area contributed by atoms with Crippen LogP contribution in [0.3, 0.4) is 0 Å². The minimum atomic E-state index is 0.193. The SMILES string of the molecule is C#CCN(C)CC(N)CCc1ccccc1. The molecule has 0 amide bonds. The molecule has 1 aromatic rings. The Bertz CT molecular complexity index is 326. The Morgan fingerprint density at radius 1 is 1.38 bits per heavy atom. The second-order valence-electron chi connectivity index (χ2n) is 4.19. The van der Waals surface area contributed by atoms with E-state index < -0.39 is 0 Å². The first-order chi connectivity index (χ1) is 7.72. The summed E-state index contributed by atoms with van der Waals surface area (Å²) in [5.74, 6) is 2.62. The summed E-state index contributed by atoms with van der Waals surface area (Å²) in [6.07, 6.45) is 7.27. The predicted molar refractivity (Wildman–Crippen MR) is 69.1 cm³/mol. The molecular formula is C14H20N2. The molecule has 2 nitrogen and oxygen atoms in total. The third-order valence-electron chi connectivity index (χ3n) is 2.55. The Hall–Kier alpha value is -1.30. The number of terminal acetylenes is 1. The van der Waals surface area contributed by atoms with Crippen molar-refractivity contribution in [2.75, 3.05) is 20.1 Å². The Labute approximate surface area is 98.4 Å². The van der Waals surface area contributed by atoms with Crippen LogP contribution in [0, 0.1) is 12.3 Å². The van der Waals surface area contributed by atoms with Crippen molar-refractivity contribution in [3.05, 3.63) is 35.9 Å². The molecular weight excluding hydrogens is 196 g/mol. The molecule has 0 aromatic heterocycles. The third kappa shape index (κ3) is 4.97. The number of nitrogens with zero attached hydrogens (tertiary/aromatic N) is 1. The summed E-state index contributed by atoms with van der Waals surface area (Å²) < 4.78 is 0. The van der Waals surface area contributed by atoms with Gasteiger partial charge in [-0.25, -0.2) is 0 Å². The van der Waals surface area contributed by atoms with Gasteiger partial charge in [-0.2, -0.15) is 0 Å². The van der Waals surface area contributed by atoms with Crippen LogP contribution in [-0.4, -0.2) is 31.1 Å². The highest BCUT2D eigenvalue weighted by atomic mass is 15.1. The fraction of sp³-hybridized carbons (Fsp3) is 0.429. The van der Waals surface area contributed by atoms with Crippen LogP contribution in [0.25, 0.3) is 0 Å². The average molecular weight is 216 g/mol. The molecule has 2 N–H and O–H groups in total. The standard InChI is InChI=1S/C14H20N2/c1-3-11-16(2)12-14(15)10-9-13-7-5-4-6-8-13/h1,4-8,14H,9-12,15H2,2H3. The smallest absolute Gasteiger partial charge is 0.0596 e. The van der Waals surface area contributed by atoms with Gasteiger partial charge >= 0.3 is 0 Å². The van der Waals surface area contributed by atoms with E-state index in [2.05, 4.69) is 35.1 Å². The molecule has 0 radical (unpaired) electrons. The molecule has 0 bridgehead atoms. The number of aryl methyl sites for hydroxylation is 1. The number of rotatable bonds is 6. The highest BCUT2D eigenvalue weighted by Crippen LogP contribution is 2.04. The van der Waals surface area contributed by atoms with Gasteiger partial charge in [0.1, 0.15) is 0 Å². The summed E-state index contributed by atoms with van der Waals surface area (Å²) in [6, 6.07) is 10.6. The van der Waals surface area contributed by atoms with Crippen LogP contribution < -0.4 is 5.73 Å². The van der Waals surface area contributed by atoms with Gasteiger partial charge in [-0.3, -0.25) is 4.90 Å². The quantitative estimate of drug-likeness (QED) is 0.730. The molecule has 0 fully saturated rings. The highest BCUT2D eigenvalue weighted by Gasteiger charge is 2.05. The fourth-order valence-electron chi connectivity index (χ4n) is 1.71. The van der Waals surface area contributed by atoms with Gasteiger partial charge in [-0.05, 0) is 25.5 Å². The van der Waals surface area contributed by atoms with Crippen LogP contribution in [0.2, 0.25) is 0 Å². The van der Waals surface area contributed by atoms with Gasteiger partial charge in [0.15, 0.2) is 0 Å². The zero-order valence-electron chi connectivity index (χ0n) is 9.89. The van der Waals surface area contributed by atoms with E-state index in [9.17, 15) is 0 Å². The molecule has 2 heteroatoms. The Balaban J connectivity index is 2.25. The molecule has 1 atom stereocenters. The third-order valence-corrected chi connectivity index (χ3v) is 2.55. The molecule has 1 aromatic carbocycles. The maximum atomic E-state index is 6.04. The molecule has 86 valence electrons. The van der Waals surface area contributed by atoms with Crippen LogP contribution in [0.1, 0.15) is 12.0 Å². The van der Waals surface area contributed by atoms with Gasteiger partial charge in [0.2, 0.25) is 0 Å². The van der Waals surface area contributed by atoms with Gasteiger partial charge in [0.25, 0.3) is 0 Å². The van der Waals surface area contributed by atoms with Crippen molar-refractivity contribution in [2.45, 2.75) is 18.9 Å². The lowest BCUT2D eigenvalue weighted by Crippen LogP contribution is -2.35. The van der Waals surface area contributed by atoms with Gasteiger partial charge in [0.05, 0.1) is 6.54 Å². The largest absolute Gasteiger partial charge is 0.327 e. The summed E-state index contributed by atoms with van der Waals surface area (Å²) in [4.78, 5) is 2.08. The molecule has 16 heavy (non-hydrogen) atoms. The molecule has 0 spiro atoms. The minimum absolute atomic E-state index is 0.193. The van der Waals surface area contributed by atoms with Crippen LogP contribution in [0.15, 0.2) is 30.3 Å². The zero-order chi connectivity index (χ0) is 11.8. The molecule has 1 unspecified atom stereocenters. The average Bonchev–Trinajstić information content (AvgIpc) is 2.28. The van der Waals surface area contributed by atoms with Crippen LogP contribution in [0.4, 0.5) is 0 Å². The summed E-state index contributed by atoms with van der Waals surface area (Å²) in [5, 5.41) is 0. The second kappa shape index (κ2) is 7.05. The predicted octanol–water partition coefficient (Wildman–Crippen LogP) is 1.51. The summed E-state index contributed by atoms with van der Waals surface area (Å²) in [6.45, 7) is 1.52. The molecule has 0 heterocycles. The zero-order valence-corrected chi connectivity index (χ0v) is 9.89. The van der Waals surface area contributed by atoms with Crippen molar-refractivity contribution in [2.24, 2.45) is 5.73 Å². The van der Waals surface area contributed by atoms with E-state index in [0.29, 0.717) is 6.54 Å². The monoisotopic (exact) mass is 216 g/mol. The maximum absolute atomic E-state index is 6.04. The fourth-order valence-corrected chi connectivity index (χ4v) is 1.71. The molecule has 0 aliphatic heterocycles. The van der Waals surface area contributed by atoms with E-state index in [-0.39, 0.29) is 6.04 Å². The van der Waals surface area contributed by atoms with Crippen molar-refractivity contribution in [1.82, 2.24) is 4.90 Å². The summed E-state index contributed by atoms with van der Waals surface area (Å²) >= 11 is 0. The lowest BCUT2D eigenvalue weighted by atomic mass is 10.1. The van der Waals surface area contributed by atoms with E-state index >= 15 is 0 Å². The van der Waals surface area contributed by atoms with E-state index in [1.165, 1.54) is 5.56 Å². The molecule has 0 aliphatic carbocycles. The van der Waals surface area contributed by atoms with Gasteiger partial charge in [-0.15, -0.1) is 6.42 Å². The first kappa shape index (κ1) is 12.8. The van der Waals surface area contributed by atoms with Gasteiger partial charge in [-0.1, -0.05) is 36.3 Å². The lowest BCUT2D eigenvalue weighted by Gasteiger charge is -2.18. The minimum Gasteiger partial charge on any atom is -0.327 e. The van der Waals surface area contributed by atoms with E-state index in [1.54, 1.807) is 0 Å². The number of hydrogen-bond acceptors (Lipinski definition) is 2. The van der Waals surface area contributed by atoms with Crippen molar-refractivity contribution < 1.29 is 0 Å². The second-order valence-corrected chi connectivity index (χ2v) is 4.19. The molecule has 0 saturated carbocycles. The van der Waals surface area contributed by atoms with Gasteiger partial charge in [0, 0.05) is 12.6 Å². The van der Waals surface area contributed by atoms with E-state index in [4.69, 9.17) is 12.2 Å². The van der Waals surface area contributed by atoms with Crippen LogP contribution in [-0.2, 0) is 6.42 Å². The maximum Gasteiger partial charge on any atom is 0.0596 e. The van der Waals surface area contributed by atoms with Crippen LogP contribution >= 0.6 is 0 Å². The van der Waals surface area contributed by atoms with E-state index in [1.807, 2.05) is 13.1 Å². The van der Waals surface area contributed by atoms with Crippen LogP contribution in [0.5, 0.6) is 0 Å². The number of nitrogens with two attached hydrogens (primary N) is 1. The van der Waals surface area contributed by atoms with Crippen molar-refractivity contribution >= 4 is 0 Å². The molecule has 0 saturated heterocycles. The topological polar surface area (TPSA) is 29.3 Å². The Morgan fingerprint density at radius 3 is 2.69 bits per heavy atom. The lowest BCUT2D eigenvalue weighted by molar-refractivity contribution is 0.338. The highest BCUT2D eigenvalue weighted by molar-refractivity contribution is 5.14. The van der Waals surface area contributed by atoms with Crippen molar-refractivity contribution in [3.8, 4) is 12.3 Å². The van der Waals surface area contributed by atoms with Crippen molar-refractivity contribution in [3.63, 3.8) is 0 Å². The number of likely N-dealkylation sites (N-methyl/N-ethyl adjacent to an activating group) is 1. The summed E-state index contributed by atoms with van der Waals surface area (Å²) in [5.41, 5.74) is 7.39. The first-order valence-corrected chi connectivity index (χ1v) is 5.64. The molecule has 1 rings (SSSR count). The van der Waals surface area contributed by atoms with Crippen molar-refractivity contribution in [1.29, 1.82) is 0 Å². The Kier molecular flexibility index (Phi) is 5.63. The summed E-state index contributed by atoms with van der Waals surface area (Å²) in [7, 11) is 2.00.